The van der Waals surface area contributed by atoms with Crippen molar-refractivity contribution < 1.29 is 14.7 Å². The van der Waals surface area contributed by atoms with Crippen LogP contribution in [0.15, 0.2) is 24.3 Å². The molecule has 2 N–H and O–H groups in total. The fourth-order valence-electron chi connectivity index (χ4n) is 1.81. The second-order valence-electron chi connectivity index (χ2n) is 4.86. The van der Waals surface area contributed by atoms with Gasteiger partial charge >= 0.3 is 12.0 Å². The molecule has 1 aromatic carbocycles. The molecule has 0 aliphatic carbocycles. The number of hydrogen-bond donors (Lipinski definition) is 2. The molecule has 0 radical (unpaired) electrons. The van der Waals surface area contributed by atoms with Gasteiger partial charge in [0.25, 0.3) is 0 Å². The fraction of sp³-hybridized carbons (Fsp3) is 0.400. The van der Waals surface area contributed by atoms with Crippen molar-refractivity contribution in [1.82, 2.24) is 10.2 Å². The van der Waals surface area contributed by atoms with Crippen LogP contribution < -0.4 is 5.32 Å². The SMILES string of the molecule is CC(C)N(CCC#N)C(=O)NCc1ccc(C(=O)O)cc1. The van der Waals surface area contributed by atoms with E-state index in [0.29, 0.717) is 19.5 Å². The Kier molecular flexibility index (Phi) is 6.21. The third-order valence-electron chi connectivity index (χ3n) is 2.99. The molecule has 0 aromatic heterocycles. The highest BCUT2D eigenvalue weighted by Gasteiger charge is 2.15. The minimum atomic E-state index is -0.979. The highest BCUT2D eigenvalue weighted by molar-refractivity contribution is 5.87. The van der Waals surface area contributed by atoms with Crippen molar-refractivity contribution in [2.24, 2.45) is 0 Å². The summed E-state index contributed by atoms with van der Waals surface area (Å²) in [5, 5.41) is 20.2. The molecule has 1 aromatic rings. The first-order valence-electron chi connectivity index (χ1n) is 6.69. The number of nitrogens with one attached hydrogen (secondary N) is 1. The van der Waals surface area contributed by atoms with Gasteiger partial charge in [-0.25, -0.2) is 9.59 Å². The number of aromatic carboxylic acids is 1. The number of benzene rings is 1. The Labute approximate surface area is 124 Å². The molecule has 0 bridgehead atoms. The summed E-state index contributed by atoms with van der Waals surface area (Å²) in [5.74, 6) is -0.979. The van der Waals surface area contributed by atoms with E-state index in [1.165, 1.54) is 12.1 Å². The summed E-state index contributed by atoms with van der Waals surface area (Å²) in [6.45, 7) is 4.48. The number of carboxylic acid groups (broad SMARTS) is 1. The summed E-state index contributed by atoms with van der Waals surface area (Å²) in [4.78, 5) is 24.4. The molecule has 0 spiro atoms. The van der Waals surface area contributed by atoms with Crippen LogP contribution in [0.5, 0.6) is 0 Å². The van der Waals surface area contributed by atoms with Gasteiger partial charge < -0.3 is 15.3 Å². The first-order valence-corrected chi connectivity index (χ1v) is 6.69. The Morgan fingerprint density at radius 2 is 1.95 bits per heavy atom. The highest BCUT2D eigenvalue weighted by Crippen LogP contribution is 2.05. The van der Waals surface area contributed by atoms with Gasteiger partial charge in [-0.3, -0.25) is 0 Å². The van der Waals surface area contributed by atoms with E-state index in [1.54, 1.807) is 17.0 Å². The second kappa shape index (κ2) is 7.90. The van der Waals surface area contributed by atoms with Crippen molar-refractivity contribution in [2.45, 2.75) is 32.9 Å². The summed E-state index contributed by atoms with van der Waals surface area (Å²) in [6.07, 6.45) is 0.291. The minimum Gasteiger partial charge on any atom is -0.478 e. The van der Waals surface area contributed by atoms with E-state index in [-0.39, 0.29) is 17.6 Å². The monoisotopic (exact) mass is 289 g/mol. The lowest BCUT2D eigenvalue weighted by Gasteiger charge is -2.26. The van der Waals surface area contributed by atoms with Gasteiger partial charge in [-0.05, 0) is 31.5 Å². The molecule has 0 heterocycles. The smallest absolute Gasteiger partial charge is 0.335 e. The standard InChI is InChI=1S/C15H19N3O3/c1-11(2)18(9-3-8-16)15(21)17-10-12-4-6-13(7-5-12)14(19)20/h4-7,11H,3,9-10H2,1-2H3,(H,17,21)(H,19,20). The maximum Gasteiger partial charge on any atom is 0.335 e. The van der Waals surface area contributed by atoms with E-state index in [2.05, 4.69) is 5.32 Å². The lowest BCUT2D eigenvalue weighted by Crippen LogP contribution is -2.44. The first kappa shape index (κ1) is 16.5. The van der Waals surface area contributed by atoms with Crippen molar-refractivity contribution >= 4 is 12.0 Å². The van der Waals surface area contributed by atoms with Gasteiger partial charge in [-0.2, -0.15) is 5.26 Å². The lowest BCUT2D eigenvalue weighted by atomic mass is 10.1. The van der Waals surface area contributed by atoms with Crippen LogP contribution >= 0.6 is 0 Å². The van der Waals surface area contributed by atoms with E-state index in [9.17, 15) is 9.59 Å². The molecule has 0 aliphatic rings. The van der Waals surface area contributed by atoms with Gasteiger partial charge in [0.2, 0.25) is 0 Å². The van der Waals surface area contributed by atoms with Crippen molar-refractivity contribution in [3.63, 3.8) is 0 Å². The fourth-order valence-corrected chi connectivity index (χ4v) is 1.81. The molecule has 0 saturated heterocycles. The zero-order chi connectivity index (χ0) is 15.8. The number of carbonyl (C=O) groups excluding carboxylic acids is 1. The molecular weight excluding hydrogens is 270 g/mol. The number of amides is 2. The van der Waals surface area contributed by atoms with E-state index in [1.807, 2.05) is 19.9 Å². The number of rotatable bonds is 6. The number of hydrogen-bond acceptors (Lipinski definition) is 3. The largest absolute Gasteiger partial charge is 0.478 e. The molecule has 6 nitrogen and oxygen atoms in total. The first-order chi connectivity index (χ1) is 9.95. The van der Waals surface area contributed by atoms with Crippen molar-refractivity contribution in [1.29, 1.82) is 5.26 Å². The molecule has 0 saturated carbocycles. The molecule has 0 fully saturated rings. The topological polar surface area (TPSA) is 93.4 Å². The maximum absolute atomic E-state index is 12.1. The zero-order valence-corrected chi connectivity index (χ0v) is 12.2. The van der Waals surface area contributed by atoms with Crippen LogP contribution in [0.4, 0.5) is 4.79 Å². The van der Waals surface area contributed by atoms with Crippen molar-refractivity contribution in [3.8, 4) is 6.07 Å². The molecular formula is C15H19N3O3. The van der Waals surface area contributed by atoms with E-state index < -0.39 is 5.97 Å². The summed E-state index contributed by atoms with van der Waals surface area (Å²) in [5.41, 5.74) is 1.03. The third-order valence-corrected chi connectivity index (χ3v) is 2.99. The van der Waals surface area contributed by atoms with Gasteiger partial charge in [0.1, 0.15) is 0 Å². The summed E-state index contributed by atoms with van der Waals surface area (Å²) in [6, 6.07) is 8.12. The number of nitrogens with zero attached hydrogens (tertiary/aromatic N) is 2. The Morgan fingerprint density at radius 1 is 1.33 bits per heavy atom. The number of carbonyl (C=O) groups is 2. The quantitative estimate of drug-likeness (QED) is 0.839. The van der Waals surface area contributed by atoms with Gasteiger partial charge in [0, 0.05) is 19.1 Å². The Bertz CT molecular complexity index is 532. The average molecular weight is 289 g/mol. The van der Waals surface area contributed by atoms with Crippen LogP contribution in [0.3, 0.4) is 0 Å². The van der Waals surface area contributed by atoms with Crippen LogP contribution in [0.25, 0.3) is 0 Å². The van der Waals surface area contributed by atoms with Gasteiger partial charge in [-0.1, -0.05) is 12.1 Å². The summed E-state index contributed by atoms with van der Waals surface area (Å²) in [7, 11) is 0. The van der Waals surface area contributed by atoms with Crippen LogP contribution in [0.2, 0.25) is 0 Å². The molecule has 21 heavy (non-hydrogen) atoms. The second-order valence-corrected chi connectivity index (χ2v) is 4.86. The molecule has 0 unspecified atom stereocenters. The zero-order valence-electron chi connectivity index (χ0n) is 12.2. The number of carboxylic acids is 1. The predicted molar refractivity (Wildman–Crippen MR) is 77.7 cm³/mol. The van der Waals surface area contributed by atoms with Crippen molar-refractivity contribution in [3.05, 3.63) is 35.4 Å². The van der Waals surface area contributed by atoms with Crippen molar-refractivity contribution in [2.75, 3.05) is 6.54 Å². The normalized spacial score (nSPS) is 10.0. The average Bonchev–Trinajstić information content (AvgIpc) is 2.45. The third kappa shape index (κ3) is 5.15. The Hall–Kier alpha value is -2.55. The Balaban J connectivity index is 2.58. The highest BCUT2D eigenvalue weighted by atomic mass is 16.4. The molecule has 2 amide bonds. The molecule has 112 valence electrons. The molecule has 0 aliphatic heterocycles. The van der Waals surface area contributed by atoms with Gasteiger partial charge in [-0.15, -0.1) is 0 Å². The van der Waals surface area contributed by atoms with E-state index in [4.69, 9.17) is 10.4 Å². The van der Waals surface area contributed by atoms with E-state index >= 15 is 0 Å². The van der Waals surface area contributed by atoms with Crippen LogP contribution in [0, 0.1) is 11.3 Å². The van der Waals surface area contributed by atoms with Crippen LogP contribution in [-0.4, -0.2) is 34.6 Å². The predicted octanol–water partition coefficient (Wildman–Crippen LogP) is 2.22. The number of urea groups is 1. The Morgan fingerprint density at radius 3 is 2.43 bits per heavy atom. The van der Waals surface area contributed by atoms with Crippen LogP contribution in [0.1, 0.15) is 36.2 Å². The summed E-state index contributed by atoms with van der Waals surface area (Å²) < 4.78 is 0. The summed E-state index contributed by atoms with van der Waals surface area (Å²) >= 11 is 0. The van der Waals surface area contributed by atoms with Gasteiger partial charge in [0.15, 0.2) is 0 Å². The number of nitriles is 1. The van der Waals surface area contributed by atoms with Crippen LogP contribution in [-0.2, 0) is 6.54 Å². The molecule has 1 rings (SSSR count). The maximum atomic E-state index is 12.1. The van der Waals surface area contributed by atoms with E-state index in [0.717, 1.165) is 5.56 Å². The molecule has 6 heteroatoms. The minimum absolute atomic E-state index is 0.00716. The lowest BCUT2D eigenvalue weighted by molar-refractivity contribution is 0.0697. The van der Waals surface area contributed by atoms with Gasteiger partial charge in [0.05, 0.1) is 18.1 Å². The molecule has 0 atom stereocenters.